The topological polar surface area (TPSA) is 50.4 Å². The van der Waals surface area contributed by atoms with Crippen molar-refractivity contribution >= 4 is 5.91 Å². The van der Waals surface area contributed by atoms with Crippen LogP contribution in [-0.4, -0.2) is 26.1 Å². The lowest BCUT2D eigenvalue weighted by Crippen LogP contribution is -2.33. The normalized spacial score (nSPS) is 9.88. The van der Waals surface area contributed by atoms with E-state index >= 15 is 0 Å². The van der Waals surface area contributed by atoms with Gasteiger partial charge in [-0.05, 0) is 24.2 Å². The summed E-state index contributed by atoms with van der Waals surface area (Å²) in [5.74, 6) is 0.834. The molecule has 16 heavy (non-hydrogen) atoms. The maximum Gasteiger partial charge on any atom is 0.234 e. The van der Waals surface area contributed by atoms with Crippen molar-refractivity contribution < 1.29 is 9.53 Å². The van der Waals surface area contributed by atoms with Crippen molar-refractivity contribution in [2.75, 3.05) is 20.2 Å². The molecule has 88 valence electrons. The molecular weight excluding hydrogens is 204 g/mol. The van der Waals surface area contributed by atoms with Crippen LogP contribution in [0.15, 0.2) is 24.3 Å². The van der Waals surface area contributed by atoms with Gasteiger partial charge in [0.1, 0.15) is 5.75 Å². The fraction of sp³-hybridized carbons (Fsp3) is 0.417. The van der Waals surface area contributed by atoms with Crippen LogP contribution in [0.25, 0.3) is 0 Å². The minimum atomic E-state index is 0.0117. The SMILES string of the molecule is CCNCC(=O)NCc1ccc(OC)cc1. The van der Waals surface area contributed by atoms with Crippen LogP contribution in [0.1, 0.15) is 12.5 Å². The molecular formula is C12H18N2O2. The van der Waals surface area contributed by atoms with E-state index in [-0.39, 0.29) is 5.91 Å². The first kappa shape index (κ1) is 12.5. The quantitative estimate of drug-likeness (QED) is 0.752. The summed E-state index contributed by atoms with van der Waals surface area (Å²) < 4.78 is 5.05. The van der Waals surface area contributed by atoms with Crippen LogP contribution in [0.5, 0.6) is 5.75 Å². The van der Waals surface area contributed by atoms with Gasteiger partial charge in [0.2, 0.25) is 5.91 Å². The highest BCUT2D eigenvalue weighted by molar-refractivity contribution is 5.77. The summed E-state index contributed by atoms with van der Waals surface area (Å²) in [6, 6.07) is 7.64. The Bertz CT molecular complexity index is 322. The molecule has 2 N–H and O–H groups in total. The van der Waals surface area contributed by atoms with Gasteiger partial charge in [0.25, 0.3) is 0 Å². The van der Waals surface area contributed by atoms with E-state index < -0.39 is 0 Å². The van der Waals surface area contributed by atoms with Crippen molar-refractivity contribution in [1.82, 2.24) is 10.6 Å². The molecule has 0 aliphatic carbocycles. The van der Waals surface area contributed by atoms with Crippen LogP contribution in [0, 0.1) is 0 Å². The van der Waals surface area contributed by atoms with Crippen LogP contribution >= 0.6 is 0 Å². The average Bonchev–Trinajstić information content (AvgIpc) is 2.34. The molecule has 0 radical (unpaired) electrons. The number of amides is 1. The summed E-state index contributed by atoms with van der Waals surface area (Å²) in [5.41, 5.74) is 1.06. The van der Waals surface area contributed by atoms with Crippen LogP contribution < -0.4 is 15.4 Å². The van der Waals surface area contributed by atoms with Crippen molar-refractivity contribution in [3.05, 3.63) is 29.8 Å². The lowest BCUT2D eigenvalue weighted by atomic mass is 10.2. The maximum absolute atomic E-state index is 11.3. The largest absolute Gasteiger partial charge is 0.497 e. The number of benzene rings is 1. The van der Waals surface area contributed by atoms with Crippen molar-refractivity contribution in [2.24, 2.45) is 0 Å². The molecule has 0 spiro atoms. The Balaban J connectivity index is 2.33. The van der Waals surface area contributed by atoms with Crippen LogP contribution in [0.2, 0.25) is 0 Å². The van der Waals surface area contributed by atoms with Crippen molar-refractivity contribution in [3.8, 4) is 5.75 Å². The van der Waals surface area contributed by atoms with Gasteiger partial charge in [0.05, 0.1) is 13.7 Å². The number of hydrogen-bond acceptors (Lipinski definition) is 3. The number of ether oxygens (including phenoxy) is 1. The third-order valence-corrected chi connectivity index (χ3v) is 2.18. The molecule has 0 aliphatic heterocycles. The molecule has 0 aliphatic rings. The van der Waals surface area contributed by atoms with Crippen molar-refractivity contribution in [3.63, 3.8) is 0 Å². The average molecular weight is 222 g/mol. The molecule has 0 atom stereocenters. The summed E-state index contributed by atoms with van der Waals surface area (Å²) in [6.45, 7) is 3.69. The second-order valence-corrected chi connectivity index (χ2v) is 3.41. The van der Waals surface area contributed by atoms with E-state index in [1.807, 2.05) is 31.2 Å². The van der Waals surface area contributed by atoms with Crippen molar-refractivity contribution in [1.29, 1.82) is 0 Å². The molecule has 0 bridgehead atoms. The Morgan fingerprint density at radius 3 is 2.56 bits per heavy atom. The van der Waals surface area contributed by atoms with Crippen LogP contribution in [0.3, 0.4) is 0 Å². The zero-order valence-corrected chi connectivity index (χ0v) is 9.75. The number of carbonyl (C=O) groups excluding carboxylic acids is 1. The number of nitrogens with one attached hydrogen (secondary N) is 2. The smallest absolute Gasteiger partial charge is 0.234 e. The van der Waals surface area contributed by atoms with Crippen LogP contribution in [-0.2, 0) is 11.3 Å². The highest BCUT2D eigenvalue weighted by Crippen LogP contribution is 2.10. The predicted molar refractivity (Wildman–Crippen MR) is 63.4 cm³/mol. The first-order valence-corrected chi connectivity index (χ1v) is 5.36. The number of methoxy groups -OCH3 is 1. The van der Waals surface area contributed by atoms with Crippen LogP contribution in [0.4, 0.5) is 0 Å². The summed E-state index contributed by atoms with van der Waals surface area (Å²) in [5, 5.41) is 5.80. The summed E-state index contributed by atoms with van der Waals surface area (Å²) in [6.07, 6.45) is 0. The molecule has 0 saturated heterocycles. The van der Waals surface area contributed by atoms with E-state index in [4.69, 9.17) is 4.74 Å². The number of rotatable bonds is 6. The predicted octanol–water partition coefficient (Wildman–Crippen LogP) is 0.921. The van der Waals surface area contributed by atoms with Gasteiger partial charge in [-0.1, -0.05) is 19.1 Å². The standard InChI is InChI=1S/C12H18N2O2/c1-3-13-9-12(15)14-8-10-4-6-11(16-2)7-5-10/h4-7,13H,3,8-9H2,1-2H3,(H,14,15). The second-order valence-electron chi connectivity index (χ2n) is 3.41. The van der Waals surface area contributed by atoms with Gasteiger partial charge in [-0.2, -0.15) is 0 Å². The lowest BCUT2D eigenvalue weighted by Gasteiger charge is -2.06. The fourth-order valence-electron chi connectivity index (χ4n) is 1.25. The van der Waals surface area contributed by atoms with E-state index in [1.165, 1.54) is 0 Å². The molecule has 0 saturated carbocycles. The molecule has 4 nitrogen and oxygen atoms in total. The van der Waals surface area contributed by atoms with Gasteiger partial charge >= 0.3 is 0 Å². The van der Waals surface area contributed by atoms with E-state index in [9.17, 15) is 4.79 Å². The monoisotopic (exact) mass is 222 g/mol. The Hall–Kier alpha value is -1.55. The Kier molecular flexibility index (Phi) is 5.36. The summed E-state index contributed by atoms with van der Waals surface area (Å²) in [4.78, 5) is 11.3. The molecule has 0 unspecified atom stereocenters. The number of likely N-dealkylation sites (N-methyl/N-ethyl adjacent to an activating group) is 1. The lowest BCUT2D eigenvalue weighted by molar-refractivity contribution is -0.120. The molecule has 1 rings (SSSR count). The van der Waals surface area contributed by atoms with Gasteiger partial charge < -0.3 is 15.4 Å². The fourth-order valence-corrected chi connectivity index (χ4v) is 1.25. The molecule has 1 amide bonds. The molecule has 0 aromatic heterocycles. The molecule has 1 aromatic rings. The second kappa shape index (κ2) is 6.85. The van der Waals surface area contributed by atoms with Gasteiger partial charge in [-0.15, -0.1) is 0 Å². The number of carbonyl (C=O) groups is 1. The summed E-state index contributed by atoms with van der Waals surface area (Å²) in [7, 11) is 1.63. The van der Waals surface area contributed by atoms with Gasteiger partial charge in [-0.3, -0.25) is 4.79 Å². The first-order chi connectivity index (χ1) is 7.76. The maximum atomic E-state index is 11.3. The minimum Gasteiger partial charge on any atom is -0.497 e. The Labute approximate surface area is 96.0 Å². The molecule has 0 heterocycles. The third-order valence-electron chi connectivity index (χ3n) is 2.18. The first-order valence-electron chi connectivity index (χ1n) is 5.36. The molecule has 4 heteroatoms. The highest BCUT2D eigenvalue weighted by atomic mass is 16.5. The highest BCUT2D eigenvalue weighted by Gasteiger charge is 1.99. The molecule has 0 fully saturated rings. The zero-order chi connectivity index (χ0) is 11.8. The summed E-state index contributed by atoms with van der Waals surface area (Å²) >= 11 is 0. The van der Waals surface area contributed by atoms with E-state index in [2.05, 4.69) is 10.6 Å². The van der Waals surface area contributed by atoms with E-state index in [0.717, 1.165) is 17.9 Å². The minimum absolute atomic E-state index is 0.0117. The Morgan fingerprint density at radius 2 is 2.00 bits per heavy atom. The van der Waals surface area contributed by atoms with Gasteiger partial charge in [-0.25, -0.2) is 0 Å². The number of hydrogen-bond donors (Lipinski definition) is 2. The zero-order valence-electron chi connectivity index (χ0n) is 9.75. The Morgan fingerprint density at radius 1 is 1.31 bits per heavy atom. The van der Waals surface area contributed by atoms with Gasteiger partial charge in [0.15, 0.2) is 0 Å². The van der Waals surface area contributed by atoms with E-state index in [0.29, 0.717) is 13.1 Å². The van der Waals surface area contributed by atoms with E-state index in [1.54, 1.807) is 7.11 Å². The van der Waals surface area contributed by atoms with Crippen molar-refractivity contribution in [2.45, 2.75) is 13.5 Å². The molecule has 1 aromatic carbocycles. The van der Waals surface area contributed by atoms with Gasteiger partial charge in [0, 0.05) is 6.54 Å². The third kappa shape index (κ3) is 4.31.